The normalized spacial score (nSPS) is 19.2. The van der Waals surface area contributed by atoms with E-state index in [0.717, 1.165) is 30.6 Å². The van der Waals surface area contributed by atoms with E-state index >= 15 is 0 Å². The van der Waals surface area contributed by atoms with Crippen molar-refractivity contribution in [2.24, 2.45) is 5.73 Å². The van der Waals surface area contributed by atoms with E-state index in [0.29, 0.717) is 18.0 Å². The third kappa shape index (κ3) is 3.36. The smallest absolute Gasteiger partial charge is 0.248 e. The minimum atomic E-state index is -0.403. The van der Waals surface area contributed by atoms with E-state index in [1.807, 2.05) is 26.1 Å². The fourth-order valence-corrected chi connectivity index (χ4v) is 2.48. The van der Waals surface area contributed by atoms with Crippen LogP contribution in [-0.2, 0) is 11.3 Å². The summed E-state index contributed by atoms with van der Waals surface area (Å²) in [4.78, 5) is 24.3. The van der Waals surface area contributed by atoms with Crippen molar-refractivity contribution in [3.63, 3.8) is 0 Å². The average molecular weight is 275 g/mol. The second-order valence-electron chi connectivity index (χ2n) is 5.40. The summed E-state index contributed by atoms with van der Waals surface area (Å²) >= 11 is 0. The highest BCUT2D eigenvalue weighted by molar-refractivity contribution is 5.93. The van der Waals surface area contributed by atoms with Crippen LogP contribution in [0.4, 0.5) is 0 Å². The highest BCUT2D eigenvalue weighted by Crippen LogP contribution is 2.13. The third-order valence-corrected chi connectivity index (χ3v) is 3.83. The van der Waals surface area contributed by atoms with Crippen molar-refractivity contribution < 1.29 is 9.59 Å². The van der Waals surface area contributed by atoms with Gasteiger partial charge in [0, 0.05) is 38.2 Å². The third-order valence-electron chi connectivity index (χ3n) is 3.83. The highest BCUT2D eigenvalue weighted by Gasteiger charge is 2.22. The van der Waals surface area contributed by atoms with Crippen molar-refractivity contribution in [1.82, 2.24) is 10.2 Å². The number of hydrogen-bond acceptors (Lipinski definition) is 3. The first-order chi connectivity index (χ1) is 9.47. The molecule has 1 aromatic rings. The van der Waals surface area contributed by atoms with E-state index in [4.69, 9.17) is 5.73 Å². The number of rotatable bonds is 4. The summed E-state index contributed by atoms with van der Waals surface area (Å²) in [6.45, 7) is 3.45. The lowest BCUT2D eigenvalue weighted by Gasteiger charge is -2.30. The Bertz CT molecular complexity index is 528. The van der Waals surface area contributed by atoms with Crippen LogP contribution in [0.25, 0.3) is 0 Å². The number of nitrogens with one attached hydrogen (secondary N) is 1. The van der Waals surface area contributed by atoms with Gasteiger partial charge in [0.05, 0.1) is 0 Å². The Labute approximate surface area is 119 Å². The summed E-state index contributed by atoms with van der Waals surface area (Å²) in [5, 5.41) is 3.47. The molecule has 0 spiro atoms. The van der Waals surface area contributed by atoms with Crippen molar-refractivity contribution in [1.29, 1.82) is 0 Å². The van der Waals surface area contributed by atoms with E-state index in [9.17, 15) is 9.59 Å². The molecule has 0 aliphatic carbocycles. The van der Waals surface area contributed by atoms with Gasteiger partial charge in [-0.2, -0.15) is 0 Å². The molecule has 0 radical (unpaired) electrons. The molecule has 1 saturated heterocycles. The molecule has 20 heavy (non-hydrogen) atoms. The lowest BCUT2D eigenvalue weighted by molar-refractivity contribution is -0.132. The van der Waals surface area contributed by atoms with Crippen LogP contribution in [0.1, 0.15) is 34.3 Å². The molecule has 5 nitrogen and oxygen atoms in total. The maximum absolute atomic E-state index is 11.4. The standard InChI is InChI=1S/C15H21N3O2/c1-10-7-11(15(16)20)3-4-12(10)8-17-13-5-6-14(19)18(2)9-13/h3-4,7,13,17H,5-6,8-9H2,1-2H3,(H2,16,20). The summed E-state index contributed by atoms with van der Waals surface area (Å²) < 4.78 is 0. The number of primary amides is 1. The number of nitrogens with two attached hydrogens (primary N) is 1. The number of hydrogen-bond donors (Lipinski definition) is 2. The van der Waals surface area contributed by atoms with E-state index in [1.54, 1.807) is 11.0 Å². The Morgan fingerprint density at radius 1 is 1.50 bits per heavy atom. The second-order valence-corrected chi connectivity index (χ2v) is 5.40. The molecular formula is C15H21N3O2. The number of carbonyl (C=O) groups is 2. The first kappa shape index (κ1) is 14.5. The number of likely N-dealkylation sites (N-methyl/N-ethyl adjacent to an activating group) is 1. The first-order valence-electron chi connectivity index (χ1n) is 6.84. The predicted molar refractivity (Wildman–Crippen MR) is 77.2 cm³/mol. The van der Waals surface area contributed by atoms with Gasteiger partial charge in [-0.05, 0) is 36.6 Å². The summed E-state index contributed by atoms with van der Waals surface area (Å²) in [5.41, 5.74) is 7.99. The van der Waals surface area contributed by atoms with Crippen LogP contribution in [0, 0.1) is 6.92 Å². The Hall–Kier alpha value is -1.88. The molecule has 2 rings (SSSR count). The van der Waals surface area contributed by atoms with Gasteiger partial charge >= 0.3 is 0 Å². The van der Waals surface area contributed by atoms with Crippen LogP contribution in [0.5, 0.6) is 0 Å². The predicted octanol–water partition coefficient (Wildman–Crippen LogP) is 0.804. The summed E-state index contributed by atoms with van der Waals surface area (Å²) in [6, 6.07) is 5.83. The molecule has 2 amide bonds. The molecule has 3 N–H and O–H groups in total. The largest absolute Gasteiger partial charge is 0.366 e. The molecule has 0 saturated carbocycles. The summed E-state index contributed by atoms with van der Waals surface area (Å²) in [7, 11) is 1.84. The van der Waals surface area contributed by atoms with Gasteiger partial charge in [-0.25, -0.2) is 0 Å². The Morgan fingerprint density at radius 3 is 2.85 bits per heavy atom. The molecule has 1 heterocycles. The molecule has 0 bridgehead atoms. The van der Waals surface area contributed by atoms with E-state index in [2.05, 4.69) is 5.32 Å². The van der Waals surface area contributed by atoms with Crippen LogP contribution in [0.2, 0.25) is 0 Å². The zero-order chi connectivity index (χ0) is 14.7. The fraction of sp³-hybridized carbons (Fsp3) is 0.467. The zero-order valence-corrected chi connectivity index (χ0v) is 12.0. The molecule has 108 valence electrons. The van der Waals surface area contributed by atoms with Crippen molar-refractivity contribution in [3.8, 4) is 0 Å². The molecule has 5 heteroatoms. The SMILES string of the molecule is Cc1cc(C(N)=O)ccc1CNC1CCC(=O)N(C)C1. The Balaban J connectivity index is 1.94. The molecule has 0 aromatic heterocycles. The summed E-state index contributed by atoms with van der Waals surface area (Å²) in [5.74, 6) is -0.190. The monoisotopic (exact) mass is 275 g/mol. The second kappa shape index (κ2) is 6.05. The minimum Gasteiger partial charge on any atom is -0.366 e. The number of likely N-dealkylation sites (tertiary alicyclic amines) is 1. The topological polar surface area (TPSA) is 75.4 Å². The molecule has 1 unspecified atom stereocenters. The lowest BCUT2D eigenvalue weighted by Crippen LogP contribution is -2.46. The van der Waals surface area contributed by atoms with Gasteiger partial charge in [-0.1, -0.05) is 6.07 Å². The zero-order valence-electron chi connectivity index (χ0n) is 12.0. The average Bonchev–Trinajstić information content (AvgIpc) is 2.41. The van der Waals surface area contributed by atoms with Gasteiger partial charge in [0.15, 0.2) is 0 Å². The van der Waals surface area contributed by atoms with E-state index in [-0.39, 0.29) is 5.91 Å². The highest BCUT2D eigenvalue weighted by atomic mass is 16.2. The Kier molecular flexibility index (Phi) is 4.39. The number of benzene rings is 1. The maximum Gasteiger partial charge on any atom is 0.248 e. The first-order valence-corrected chi connectivity index (χ1v) is 6.84. The van der Waals surface area contributed by atoms with Crippen LogP contribution in [-0.4, -0.2) is 36.3 Å². The fourth-order valence-electron chi connectivity index (χ4n) is 2.48. The number of piperidine rings is 1. The van der Waals surface area contributed by atoms with Crippen LogP contribution in [0.3, 0.4) is 0 Å². The van der Waals surface area contributed by atoms with Crippen molar-refractivity contribution >= 4 is 11.8 Å². The molecule has 1 aromatic carbocycles. The van der Waals surface area contributed by atoms with Crippen molar-refractivity contribution in [2.75, 3.05) is 13.6 Å². The van der Waals surface area contributed by atoms with Gasteiger partial charge in [0.2, 0.25) is 11.8 Å². The summed E-state index contributed by atoms with van der Waals surface area (Å²) in [6.07, 6.45) is 1.48. The number of amides is 2. The molecule has 1 fully saturated rings. The molecule has 1 aliphatic rings. The Morgan fingerprint density at radius 2 is 2.25 bits per heavy atom. The minimum absolute atomic E-state index is 0.213. The van der Waals surface area contributed by atoms with Gasteiger partial charge in [-0.15, -0.1) is 0 Å². The maximum atomic E-state index is 11.4. The van der Waals surface area contributed by atoms with Gasteiger partial charge in [0.25, 0.3) is 0 Å². The van der Waals surface area contributed by atoms with Crippen LogP contribution in [0.15, 0.2) is 18.2 Å². The number of nitrogens with zero attached hydrogens (tertiary/aromatic N) is 1. The van der Waals surface area contributed by atoms with Gasteiger partial charge in [-0.3, -0.25) is 9.59 Å². The van der Waals surface area contributed by atoms with Crippen molar-refractivity contribution in [2.45, 2.75) is 32.4 Å². The molecule has 1 aliphatic heterocycles. The molecule has 1 atom stereocenters. The van der Waals surface area contributed by atoms with Gasteiger partial charge in [0.1, 0.15) is 0 Å². The van der Waals surface area contributed by atoms with Crippen LogP contribution < -0.4 is 11.1 Å². The number of carbonyl (C=O) groups excluding carboxylic acids is 2. The van der Waals surface area contributed by atoms with Crippen LogP contribution >= 0.6 is 0 Å². The molecular weight excluding hydrogens is 254 g/mol. The van der Waals surface area contributed by atoms with Gasteiger partial charge < -0.3 is 16.0 Å². The van der Waals surface area contributed by atoms with E-state index in [1.165, 1.54) is 0 Å². The lowest BCUT2D eigenvalue weighted by atomic mass is 10.0. The number of aryl methyl sites for hydroxylation is 1. The quantitative estimate of drug-likeness (QED) is 0.853. The van der Waals surface area contributed by atoms with E-state index < -0.39 is 5.91 Å². The van der Waals surface area contributed by atoms with Crippen molar-refractivity contribution in [3.05, 3.63) is 34.9 Å².